The highest BCUT2D eigenvalue weighted by atomic mass is 35.5. The summed E-state index contributed by atoms with van der Waals surface area (Å²) in [5.74, 6) is 0.177. The van der Waals surface area contributed by atoms with Gasteiger partial charge in [-0.2, -0.15) is 0 Å². The van der Waals surface area contributed by atoms with Gasteiger partial charge in [-0.1, -0.05) is 41.1 Å². The van der Waals surface area contributed by atoms with Crippen molar-refractivity contribution in [2.45, 2.75) is 26.4 Å². The van der Waals surface area contributed by atoms with E-state index < -0.39 is 12.3 Å². The fraction of sp³-hybridized carbons (Fsp3) is 0.222. The SMILES string of the molecule is CCOC(=O)c1nnn(Cc2ccc(OC)cc2)c1Oc1ccc(Cl)c(OCc2ccc(OC(F)(F)F)cc2)c1. The van der Waals surface area contributed by atoms with Gasteiger partial charge >= 0.3 is 12.3 Å². The minimum atomic E-state index is -4.78. The molecule has 0 N–H and O–H groups in total. The molecule has 0 spiro atoms. The van der Waals surface area contributed by atoms with Crippen LogP contribution >= 0.6 is 11.6 Å². The average Bonchev–Trinajstić information content (AvgIpc) is 3.31. The van der Waals surface area contributed by atoms with E-state index in [1.165, 1.54) is 41.1 Å². The topological polar surface area (TPSA) is 93.9 Å². The van der Waals surface area contributed by atoms with Crippen molar-refractivity contribution in [3.63, 3.8) is 0 Å². The summed E-state index contributed by atoms with van der Waals surface area (Å²) in [5.41, 5.74) is 1.30. The number of benzene rings is 3. The van der Waals surface area contributed by atoms with E-state index >= 15 is 0 Å². The normalized spacial score (nSPS) is 11.2. The fourth-order valence-electron chi connectivity index (χ4n) is 3.46. The molecule has 0 amide bonds. The predicted octanol–water partition coefficient (Wildman–Crippen LogP) is 6.44. The van der Waals surface area contributed by atoms with E-state index in [0.717, 1.165) is 5.56 Å². The standard InChI is InChI=1S/C27H23ClF3N3O6/c1-3-37-26(35)24-25(34(33-32-24)15-17-4-8-19(36-2)9-5-17)39-21-12-13-22(28)23(14-21)38-16-18-6-10-20(11-7-18)40-27(29,30)31/h4-14H,3,15-16H2,1-2H3. The van der Waals surface area contributed by atoms with E-state index in [1.54, 1.807) is 32.2 Å². The summed E-state index contributed by atoms with van der Waals surface area (Å²) >= 11 is 6.29. The summed E-state index contributed by atoms with van der Waals surface area (Å²) < 4.78 is 64.5. The summed E-state index contributed by atoms with van der Waals surface area (Å²) in [6, 6.07) is 17.1. The fourth-order valence-corrected chi connectivity index (χ4v) is 3.63. The first-order valence-electron chi connectivity index (χ1n) is 11.8. The highest BCUT2D eigenvalue weighted by molar-refractivity contribution is 6.32. The number of nitrogens with zero attached hydrogens (tertiary/aromatic N) is 3. The maximum absolute atomic E-state index is 12.5. The van der Waals surface area contributed by atoms with Gasteiger partial charge in [-0.15, -0.1) is 18.3 Å². The molecule has 40 heavy (non-hydrogen) atoms. The smallest absolute Gasteiger partial charge is 0.497 e. The van der Waals surface area contributed by atoms with Gasteiger partial charge in [0.2, 0.25) is 5.69 Å². The first kappa shape index (κ1) is 28.6. The Hall–Kier alpha value is -4.45. The zero-order chi connectivity index (χ0) is 28.7. The zero-order valence-corrected chi connectivity index (χ0v) is 22.0. The molecule has 1 heterocycles. The zero-order valence-electron chi connectivity index (χ0n) is 21.3. The van der Waals surface area contributed by atoms with Crippen LogP contribution in [0, 0.1) is 0 Å². The Morgan fingerprint density at radius 3 is 2.25 bits per heavy atom. The van der Waals surface area contributed by atoms with Crippen molar-refractivity contribution in [3.05, 3.63) is 88.6 Å². The molecule has 9 nitrogen and oxygen atoms in total. The molecule has 4 aromatic rings. The quantitative estimate of drug-likeness (QED) is 0.188. The number of rotatable bonds is 11. The van der Waals surface area contributed by atoms with Crippen LogP contribution in [-0.2, 0) is 17.9 Å². The van der Waals surface area contributed by atoms with E-state index in [-0.39, 0.29) is 53.6 Å². The predicted molar refractivity (Wildman–Crippen MR) is 137 cm³/mol. The molecule has 3 aromatic carbocycles. The Morgan fingerprint density at radius 2 is 1.60 bits per heavy atom. The minimum absolute atomic E-state index is 0.000501. The monoisotopic (exact) mass is 577 g/mol. The highest BCUT2D eigenvalue weighted by Crippen LogP contribution is 2.33. The van der Waals surface area contributed by atoms with Crippen LogP contribution in [0.3, 0.4) is 0 Å². The Kier molecular flexibility index (Phi) is 9.00. The number of hydrogen-bond donors (Lipinski definition) is 0. The maximum atomic E-state index is 12.5. The lowest BCUT2D eigenvalue weighted by atomic mass is 10.2. The Labute approximate surface area is 231 Å². The summed E-state index contributed by atoms with van der Waals surface area (Å²) in [4.78, 5) is 12.5. The second kappa shape index (κ2) is 12.6. The first-order chi connectivity index (χ1) is 19.1. The van der Waals surface area contributed by atoms with Gasteiger partial charge < -0.3 is 23.7 Å². The van der Waals surface area contributed by atoms with Crippen LogP contribution in [0.2, 0.25) is 5.02 Å². The van der Waals surface area contributed by atoms with Crippen molar-refractivity contribution >= 4 is 17.6 Å². The molecular formula is C27H23ClF3N3O6. The number of methoxy groups -OCH3 is 1. The van der Waals surface area contributed by atoms with Crippen LogP contribution in [0.25, 0.3) is 0 Å². The van der Waals surface area contributed by atoms with Gasteiger partial charge in [0, 0.05) is 6.07 Å². The summed E-state index contributed by atoms with van der Waals surface area (Å²) in [7, 11) is 1.57. The lowest BCUT2D eigenvalue weighted by molar-refractivity contribution is -0.274. The van der Waals surface area contributed by atoms with Gasteiger partial charge in [-0.3, -0.25) is 0 Å². The molecule has 210 valence electrons. The van der Waals surface area contributed by atoms with E-state index in [1.807, 2.05) is 12.1 Å². The number of aromatic nitrogens is 3. The molecule has 0 aliphatic rings. The van der Waals surface area contributed by atoms with Gasteiger partial charge in [0.25, 0.3) is 5.88 Å². The number of esters is 1. The lowest BCUT2D eigenvalue weighted by Gasteiger charge is -2.13. The number of alkyl halides is 3. The van der Waals surface area contributed by atoms with Gasteiger partial charge in [-0.25, -0.2) is 9.48 Å². The van der Waals surface area contributed by atoms with Crippen molar-refractivity contribution < 1.29 is 41.7 Å². The first-order valence-corrected chi connectivity index (χ1v) is 12.2. The van der Waals surface area contributed by atoms with Gasteiger partial charge in [0.1, 0.15) is 29.6 Å². The minimum Gasteiger partial charge on any atom is -0.497 e. The molecule has 13 heteroatoms. The van der Waals surface area contributed by atoms with E-state index in [0.29, 0.717) is 11.3 Å². The molecule has 0 radical (unpaired) electrons. The molecule has 4 rings (SSSR count). The van der Waals surface area contributed by atoms with Crippen molar-refractivity contribution in [2.24, 2.45) is 0 Å². The Bertz CT molecular complexity index is 1440. The third-order valence-electron chi connectivity index (χ3n) is 5.32. The number of carbonyl (C=O) groups is 1. The Balaban J connectivity index is 1.53. The average molecular weight is 578 g/mol. The van der Waals surface area contributed by atoms with Crippen LogP contribution in [0.1, 0.15) is 28.5 Å². The summed E-state index contributed by atoms with van der Waals surface area (Å²) in [6.45, 7) is 2.03. The van der Waals surface area contributed by atoms with Crippen molar-refractivity contribution in [2.75, 3.05) is 13.7 Å². The lowest BCUT2D eigenvalue weighted by Crippen LogP contribution is -2.17. The van der Waals surface area contributed by atoms with Crippen LogP contribution in [-0.4, -0.2) is 41.0 Å². The third-order valence-corrected chi connectivity index (χ3v) is 5.63. The van der Waals surface area contributed by atoms with Crippen molar-refractivity contribution in [1.82, 2.24) is 15.0 Å². The number of carbonyl (C=O) groups excluding carboxylic acids is 1. The van der Waals surface area contributed by atoms with Gasteiger partial charge in [0.05, 0.1) is 25.3 Å². The largest absolute Gasteiger partial charge is 0.573 e. The summed E-state index contributed by atoms with van der Waals surface area (Å²) in [6.07, 6.45) is -4.78. The van der Waals surface area contributed by atoms with Crippen LogP contribution in [0.5, 0.6) is 28.9 Å². The second-order valence-electron chi connectivity index (χ2n) is 8.14. The van der Waals surface area contributed by atoms with Crippen molar-refractivity contribution in [3.8, 4) is 28.9 Å². The molecule has 0 saturated heterocycles. The van der Waals surface area contributed by atoms with E-state index in [9.17, 15) is 18.0 Å². The van der Waals surface area contributed by atoms with Crippen LogP contribution < -0.4 is 18.9 Å². The molecular weight excluding hydrogens is 555 g/mol. The molecule has 0 saturated carbocycles. The molecule has 0 aliphatic carbocycles. The van der Waals surface area contributed by atoms with E-state index in [2.05, 4.69) is 15.0 Å². The molecule has 0 unspecified atom stereocenters. The summed E-state index contributed by atoms with van der Waals surface area (Å²) in [5, 5.41) is 8.29. The van der Waals surface area contributed by atoms with Crippen molar-refractivity contribution in [1.29, 1.82) is 0 Å². The highest BCUT2D eigenvalue weighted by Gasteiger charge is 2.31. The molecule has 0 fully saturated rings. The Morgan fingerprint density at radius 1 is 0.950 bits per heavy atom. The molecule has 1 aromatic heterocycles. The second-order valence-corrected chi connectivity index (χ2v) is 8.55. The van der Waals surface area contributed by atoms with Crippen LogP contribution in [0.4, 0.5) is 13.2 Å². The maximum Gasteiger partial charge on any atom is 0.573 e. The van der Waals surface area contributed by atoms with E-state index in [4.69, 9.17) is 30.5 Å². The number of hydrogen-bond acceptors (Lipinski definition) is 8. The number of halogens is 4. The number of ether oxygens (including phenoxy) is 5. The molecule has 0 bridgehead atoms. The molecule has 0 aliphatic heterocycles. The van der Waals surface area contributed by atoms with Crippen LogP contribution in [0.15, 0.2) is 66.7 Å². The third kappa shape index (κ3) is 7.56. The van der Waals surface area contributed by atoms with Gasteiger partial charge in [-0.05, 0) is 54.4 Å². The molecule has 0 atom stereocenters. The van der Waals surface area contributed by atoms with Gasteiger partial charge in [0.15, 0.2) is 0 Å².